The number of ether oxygens (including phenoxy) is 1. The molecule has 0 amide bonds. The molecule has 1 heterocycles. The number of benzene rings is 1. The lowest BCUT2D eigenvalue weighted by Gasteiger charge is -2.18. The lowest BCUT2D eigenvalue weighted by molar-refractivity contribution is -0.137. The normalized spacial score (nSPS) is 11.3. The summed E-state index contributed by atoms with van der Waals surface area (Å²) in [7, 11) is 1.51. The van der Waals surface area contributed by atoms with Crippen molar-refractivity contribution >= 4 is 5.69 Å². The van der Waals surface area contributed by atoms with Crippen LogP contribution in [0.2, 0.25) is 0 Å². The van der Waals surface area contributed by atoms with Gasteiger partial charge < -0.3 is 10.1 Å². The van der Waals surface area contributed by atoms with E-state index < -0.39 is 11.7 Å². The van der Waals surface area contributed by atoms with Gasteiger partial charge in [-0.05, 0) is 23.6 Å². The molecule has 0 saturated carbocycles. The molecule has 0 saturated heterocycles. The lowest BCUT2D eigenvalue weighted by Crippen LogP contribution is -2.14. The first kappa shape index (κ1) is 17.1. The number of pyridine rings is 1. The van der Waals surface area contributed by atoms with Gasteiger partial charge in [0.15, 0.2) is 0 Å². The van der Waals surface area contributed by atoms with Crippen molar-refractivity contribution in [1.82, 2.24) is 4.98 Å². The smallest absolute Gasteiger partial charge is 0.418 e. The standard InChI is InChI=1S/C17H19F3N2O/c1-3-5-13-6-4-7-14(16(13)17(18,19)20)21-10-12-8-9-15(23-2)22-11-12/h4,6-9,11,21H,3,5,10H2,1-2H3. The summed E-state index contributed by atoms with van der Waals surface area (Å²) in [5, 5.41) is 2.87. The highest BCUT2D eigenvalue weighted by Gasteiger charge is 2.35. The van der Waals surface area contributed by atoms with Crippen LogP contribution in [0.15, 0.2) is 36.5 Å². The molecule has 0 aliphatic rings. The molecule has 0 radical (unpaired) electrons. The van der Waals surface area contributed by atoms with Gasteiger partial charge >= 0.3 is 6.18 Å². The van der Waals surface area contributed by atoms with Crippen molar-refractivity contribution in [3.63, 3.8) is 0 Å². The molecule has 0 unspecified atom stereocenters. The van der Waals surface area contributed by atoms with Gasteiger partial charge in [0.25, 0.3) is 0 Å². The van der Waals surface area contributed by atoms with Crippen molar-refractivity contribution in [3.05, 3.63) is 53.2 Å². The van der Waals surface area contributed by atoms with Crippen LogP contribution in [0.5, 0.6) is 5.88 Å². The number of halogens is 3. The number of aromatic nitrogens is 1. The van der Waals surface area contributed by atoms with Gasteiger partial charge in [-0.15, -0.1) is 0 Å². The van der Waals surface area contributed by atoms with Gasteiger partial charge in [-0.2, -0.15) is 13.2 Å². The van der Waals surface area contributed by atoms with Crippen molar-refractivity contribution in [2.75, 3.05) is 12.4 Å². The quantitative estimate of drug-likeness (QED) is 0.838. The second kappa shape index (κ2) is 7.35. The molecule has 2 aromatic rings. The van der Waals surface area contributed by atoms with Crippen molar-refractivity contribution in [3.8, 4) is 5.88 Å². The van der Waals surface area contributed by atoms with E-state index in [4.69, 9.17) is 4.74 Å². The van der Waals surface area contributed by atoms with E-state index in [-0.39, 0.29) is 12.2 Å². The summed E-state index contributed by atoms with van der Waals surface area (Å²) in [6.07, 6.45) is -1.75. The highest BCUT2D eigenvalue weighted by Crippen LogP contribution is 2.38. The summed E-state index contributed by atoms with van der Waals surface area (Å²) in [6, 6.07) is 8.08. The van der Waals surface area contributed by atoms with E-state index in [0.29, 0.717) is 24.3 Å². The minimum atomic E-state index is -4.38. The molecule has 23 heavy (non-hydrogen) atoms. The summed E-state index contributed by atoms with van der Waals surface area (Å²) in [5.41, 5.74) is 0.611. The van der Waals surface area contributed by atoms with E-state index in [1.807, 2.05) is 6.92 Å². The van der Waals surface area contributed by atoms with Crippen molar-refractivity contribution in [1.29, 1.82) is 0 Å². The SMILES string of the molecule is CCCc1cccc(NCc2ccc(OC)nc2)c1C(F)(F)F. The zero-order chi connectivity index (χ0) is 16.9. The monoisotopic (exact) mass is 324 g/mol. The maximum atomic E-state index is 13.4. The number of alkyl halides is 3. The van der Waals surface area contributed by atoms with E-state index in [0.717, 1.165) is 5.56 Å². The van der Waals surface area contributed by atoms with Crippen LogP contribution in [-0.4, -0.2) is 12.1 Å². The molecule has 1 aromatic carbocycles. The predicted octanol–water partition coefficient (Wildman–Crippen LogP) is 4.67. The maximum Gasteiger partial charge on any atom is 0.418 e. The fourth-order valence-corrected chi connectivity index (χ4v) is 2.39. The number of hydrogen-bond donors (Lipinski definition) is 1. The topological polar surface area (TPSA) is 34.1 Å². The van der Waals surface area contributed by atoms with E-state index >= 15 is 0 Å². The molecule has 0 aliphatic carbocycles. The molecule has 6 heteroatoms. The Kier molecular flexibility index (Phi) is 5.47. The Hall–Kier alpha value is -2.24. The Bertz CT molecular complexity index is 639. The number of methoxy groups -OCH3 is 1. The number of anilines is 1. The van der Waals surface area contributed by atoms with Crippen LogP contribution in [0.25, 0.3) is 0 Å². The second-order valence-corrected chi connectivity index (χ2v) is 5.15. The summed E-state index contributed by atoms with van der Waals surface area (Å²) in [5.74, 6) is 0.467. The molecule has 1 aromatic heterocycles. The van der Waals surface area contributed by atoms with E-state index in [1.54, 1.807) is 24.4 Å². The predicted molar refractivity (Wildman–Crippen MR) is 83.6 cm³/mol. The van der Waals surface area contributed by atoms with E-state index in [9.17, 15) is 13.2 Å². The van der Waals surface area contributed by atoms with E-state index in [2.05, 4.69) is 10.3 Å². The zero-order valence-corrected chi connectivity index (χ0v) is 13.1. The van der Waals surface area contributed by atoms with Gasteiger partial charge in [-0.3, -0.25) is 0 Å². The van der Waals surface area contributed by atoms with E-state index in [1.165, 1.54) is 19.2 Å². The van der Waals surface area contributed by atoms with Gasteiger partial charge in [-0.1, -0.05) is 31.5 Å². The molecule has 124 valence electrons. The van der Waals surface area contributed by atoms with Crippen molar-refractivity contribution in [2.24, 2.45) is 0 Å². The third-order valence-electron chi connectivity index (χ3n) is 3.44. The third-order valence-corrected chi connectivity index (χ3v) is 3.44. The van der Waals surface area contributed by atoms with Crippen molar-refractivity contribution in [2.45, 2.75) is 32.5 Å². The fraction of sp³-hybridized carbons (Fsp3) is 0.353. The molecule has 0 spiro atoms. The molecule has 1 N–H and O–H groups in total. The first-order valence-electron chi connectivity index (χ1n) is 7.37. The number of rotatable bonds is 6. The average Bonchev–Trinajstić information content (AvgIpc) is 2.52. The van der Waals surface area contributed by atoms with Crippen LogP contribution in [0, 0.1) is 0 Å². The zero-order valence-electron chi connectivity index (χ0n) is 13.1. The number of nitrogens with one attached hydrogen (secondary N) is 1. The number of hydrogen-bond acceptors (Lipinski definition) is 3. The van der Waals surface area contributed by atoms with Crippen LogP contribution in [-0.2, 0) is 19.1 Å². The molecule has 3 nitrogen and oxygen atoms in total. The first-order chi connectivity index (χ1) is 11.0. The van der Waals surface area contributed by atoms with Crippen molar-refractivity contribution < 1.29 is 17.9 Å². The van der Waals surface area contributed by atoms with Crippen LogP contribution in [0.1, 0.15) is 30.0 Å². The number of aryl methyl sites for hydroxylation is 1. The second-order valence-electron chi connectivity index (χ2n) is 5.15. The third kappa shape index (κ3) is 4.37. The molecule has 0 bridgehead atoms. The first-order valence-corrected chi connectivity index (χ1v) is 7.37. The minimum Gasteiger partial charge on any atom is -0.481 e. The molecular formula is C17H19F3N2O. The largest absolute Gasteiger partial charge is 0.481 e. The molecule has 0 atom stereocenters. The Morgan fingerprint density at radius 1 is 1.17 bits per heavy atom. The summed E-state index contributed by atoms with van der Waals surface area (Å²) in [6.45, 7) is 2.12. The average molecular weight is 324 g/mol. The highest BCUT2D eigenvalue weighted by atomic mass is 19.4. The van der Waals surface area contributed by atoms with Crippen LogP contribution in [0.3, 0.4) is 0 Å². The Labute approximate surface area is 133 Å². The van der Waals surface area contributed by atoms with Gasteiger partial charge in [0.1, 0.15) is 0 Å². The Morgan fingerprint density at radius 3 is 2.52 bits per heavy atom. The lowest BCUT2D eigenvalue weighted by atomic mass is 10.0. The fourth-order valence-electron chi connectivity index (χ4n) is 2.39. The van der Waals surface area contributed by atoms with Gasteiger partial charge in [0.05, 0.1) is 12.7 Å². The number of nitrogens with zero attached hydrogens (tertiary/aromatic N) is 1. The molecular weight excluding hydrogens is 305 g/mol. The minimum absolute atomic E-state index is 0.0965. The highest BCUT2D eigenvalue weighted by molar-refractivity contribution is 5.56. The molecule has 0 aliphatic heterocycles. The van der Waals surface area contributed by atoms with Gasteiger partial charge in [-0.25, -0.2) is 4.98 Å². The van der Waals surface area contributed by atoms with Gasteiger partial charge in [0, 0.05) is 24.5 Å². The summed E-state index contributed by atoms with van der Waals surface area (Å²) < 4.78 is 45.1. The molecule has 2 rings (SSSR count). The van der Waals surface area contributed by atoms with Crippen LogP contribution in [0.4, 0.5) is 18.9 Å². The Morgan fingerprint density at radius 2 is 1.96 bits per heavy atom. The van der Waals surface area contributed by atoms with Crippen LogP contribution < -0.4 is 10.1 Å². The summed E-state index contributed by atoms with van der Waals surface area (Å²) >= 11 is 0. The maximum absolute atomic E-state index is 13.4. The summed E-state index contributed by atoms with van der Waals surface area (Å²) in [4.78, 5) is 4.04. The Balaban J connectivity index is 2.22. The van der Waals surface area contributed by atoms with Crippen LogP contribution >= 0.6 is 0 Å². The van der Waals surface area contributed by atoms with Gasteiger partial charge in [0.2, 0.25) is 5.88 Å². The molecule has 0 fully saturated rings.